The molecule has 2 aromatic carbocycles. The van der Waals surface area contributed by atoms with Gasteiger partial charge in [-0.2, -0.15) is 0 Å². The number of aliphatic hydroxyl groups excluding tert-OH is 1. The van der Waals surface area contributed by atoms with Gasteiger partial charge in [0.05, 0.1) is 6.61 Å². The summed E-state index contributed by atoms with van der Waals surface area (Å²) in [5.74, 6) is -0.0525. The van der Waals surface area contributed by atoms with Gasteiger partial charge in [-0.1, -0.05) is 32.9 Å². The third-order valence-corrected chi connectivity index (χ3v) is 5.27. The van der Waals surface area contributed by atoms with E-state index in [1.54, 1.807) is 6.92 Å². The first kappa shape index (κ1) is 33.3. The molecule has 214 valence electrons. The second kappa shape index (κ2) is 15.6. The Morgan fingerprint density at radius 3 is 2.21 bits per heavy atom. The number of alkyl carbamates (subject to hydrolysis) is 1. The third-order valence-electron chi connectivity index (χ3n) is 5.27. The van der Waals surface area contributed by atoms with Crippen molar-refractivity contribution in [3.8, 4) is 5.75 Å². The molecule has 38 heavy (non-hydrogen) atoms. The second-order valence-electron chi connectivity index (χ2n) is 11.5. The molecule has 8 heteroatoms. The average Bonchev–Trinajstić information content (AvgIpc) is 2.77. The molecule has 1 atom stereocenters. The molecule has 0 aromatic heterocycles. The Morgan fingerprint density at radius 2 is 1.66 bits per heavy atom. The van der Waals surface area contributed by atoms with Gasteiger partial charge in [-0.05, 0) is 81.8 Å². The largest absolute Gasteiger partial charge is 0.493 e. The monoisotopic (exact) mass is 536 g/mol. The summed E-state index contributed by atoms with van der Waals surface area (Å²) in [6.07, 6.45) is 2.51. The normalized spacial score (nSPS) is 14.6. The van der Waals surface area contributed by atoms with E-state index in [2.05, 4.69) is 49.6 Å². The van der Waals surface area contributed by atoms with E-state index < -0.39 is 17.2 Å². The molecule has 2 aromatic rings. The van der Waals surface area contributed by atoms with E-state index in [9.17, 15) is 13.6 Å². The highest BCUT2D eigenvalue weighted by Gasteiger charge is 2.22. The topological polar surface area (TPSA) is 79.8 Å². The molecule has 1 amide bonds. The number of halogens is 2. The number of benzene rings is 2. The van der Waals surface area contributed by atoms with Crippen molar-refractivity contribution in [3.05, 3.63) is 64.7 Å². The lowest BCUT2D eigenvalue weighted by Crippen LogP contribution is -2.34. The van der Waals surface area contributed by atoms with Gasteiger partial charge in [-0.3, -0.25) is 0 Å². The van der Waals surface area contributed by atoms with Crippen LogP contribution in [0.4, 0.5) is 13.6 Å². The second-order valence-corrected chi connectivity index (χ2v) is 11.5. The molecule has 0 aliphatic carbocycles. The van der Waals surface area contributed by atoms with E-state index in [-0.39, 0.29) is 11.5 Å². The van der Waals surface area contributed by atoms with Crippen molar-refractivity contribution in [2.24, 2.45) is 5.41 Å². The number of rotatable bonds is 6. The number of amides is 1. The average molecular weight is 537 g/mol. The van der Waals surface area contributed by atoms with Crippen molar-refractivity contribution in [2.75, 3.05) is 26.8 Å². The standard InChI is InChI=1S/C22H36N2O3.C7H6F2.CH4O/c1-21(2,3)15-16-8-9-19-17(14-16)18(10-13-26-19)23-11-7-12-24-20(25)27-22(4,5)6;1-5-2-6(8)4-7(9)3-5;1-2/h8-9,14,18,23H,7,10-13,15H2,1-6H3,(H,24,25);2-4H,1H3;2H,1H3. The van der Waals surface area contributed by atoms with Crippen LogP contribution in [0.25, 0.3) is 0 Å². The lowest BCUT2D eigenvalue weighted by molar-refractivity contribution is 0.0527. The van der Waals surface area contributed by atoms with Gasteiger partial charge in [-0.25, -0.2) is 13.6 Å². The van der Waals surface area contributed by atoms with Crippen molar-refractivity contribution < 1.29 is 28.2 Å². The number of hydrogen-bond donors (Lipinski definition) is 3. The summed E-state index contributed by atoms with van der Waals surface area (Å²) in [5, 5.41) is 13.4. The van der Waals surface area contributed by atoms with Gasteiger partial charge in [0.2, 0.25) is 0 Å². The lowest BCUT2D eigenvalue weighted by Gasteiger charge is -2.28. The Bertz CT molecular complexity index is 950. The molecule has 1 aliphatic heterocycles. The summed E-state index contributed by atoms with van der Waals surface area (Å²) in [6.45, 7) is 16.2. The first-order valence-electron chi connectivity index (χ1n) is 13.1. The molecule has 3 rings (SSSR count). The van der Waals surface area contributed by atoms with Gasteiger partial charge in [0.1, 0.15) is 23.0 Å². The number of nitrogens with one attached hydrogen (secondary N) is 2. The first-order chi connectivity index (χ1) is 17.7. The van der Waals surface area contributed by atoms with Crippen LogP contribution in [0.2, 0.25) is 0 Å². The highest BCUT2D eigenvalue weighted by molar-refractivity contribution is 5.67. The zero-order chi connectivity index (χ0) is 28.9. The van der Waals surface area contributed by atoms with Gasteiger partial charge < -0.3 is 25.2 Å². The van der Waals surface area contributed by atoms with Crippen LogP contribution in [0.5, 0.6) is 5.75 Å². The number of carbonyl (C=O) groups excluding carboxylic acids is 1. The zero-order valence-corrected chi connectivity index (χ0v) is 24.2. The van der Waals surface area contributed by atoms with Crippen molar-refractivity contribution >= 4 is 6.09 Å². The molecule has 0 radical (unpaired) electrons. The maximum absolute atomic E-state index is 12.2. The molecule has 1 unspecified atom stereocenters. The first-order valence-corrected chi connectivity index (χ1v) is 13.1. The van der Waals surface area contributed by atoms with Crippen LogP contribution in [0.1, 0.15) is 77.1 Å². The number of ether oxygens (including phenoxy) is 2. The number of fused-ring (bicyclic) bond motifs is 1. The number of aliphatic hydroxyl groups is 1. The van der Waals surface area contributed by atoms with E-state index in [1.807, 2.05) is 20.8 Å². The predicted molar refractivity (Wildman–Crippen MR) is 149 cm³/mol. The van der Waals surface area contributed by atoms with Gasteiger partial charge in [-0.15, -0.1) is 0 Å². The summed E-state index contributed by atoms with van der Waals surface area (Å²) in [6, 6.07) is 10.3. The van der Waals surface area contributed by atoms with Gasteiger partial charge in [0.15, 0.2) is 0 Å². The maximum atomic E-state index is 12.2. The molecule has 3 N–H and O–H groups in total. The zero-order valence-electron chi connectivity index (χ0n) is 24.2. The van der Waals surface area contributed by atoms with E-state index in [1.165, 1.54) is 23.3 Å². The summed E-state index contributed by atoms with van der Waals surface area (Å²) in [4.78, 5) is 11.7. The Morgan fingerprint density at radius 1 is 1.03 bits per heavy atom. The fraction of sp³-hybridized carbons (Fsp3) is 0.567. The fourth-order valence-corrected chi connectivity index (χ4v) is 3.94. The van der Waals surface area contributed by atoms with E-state index in [0.29, 0.717) is 18.2 Å². The van der Waals surface area contributed by atoms with Crippen LogP contribution in [0.3, 0.4) is 0 Å². The minimum Gasteiger partial charge on any atom is -0.493 e. The molecule has 0 fully saturated rings. The van der Waals surface area contributed by atoms with Crippen molar-refractivity contribution in [2.45, 2.75) is 79.4 Å². The summed E-state index contributed by atoms with van der Waals surface area (Å²) in [5.41, 5.74) is 3.01. The van der Waals surface area contributed by atoms with Crippen LogP contribution in [-0.4, -0.2) is 43.6 Å². The molecule has 0 spiro atoms. The highest BCUT2D eigenvalue weighted by atomic mass is 19.1. The van der Waals surface area contributed by atoms with Crippen LogP contribution in [0, 0.1) is 24.0 Å². The molecule has 0 saturated carbocycles. The number of aryl methyl sites for hydroxylation is 1. The summed E-state index contributed by atoms with van der Waals surface area (Å²) >= 11 is 0. The lowest BCUT2D eigenvalue weighted by atomic mass is 9.86. The maximum Gasteiger partial charge on any atom is 0.407 e. The van der Waals surface area contributed by atoms with E-state index in [4.69, 9.17) is 14.6 Å². The van der Waals surface area contributed by atoms with Crippen molar-refractivity contribution in [1.29, 1.82) is 0 Å². The van der Waals surface area contributed by atoms with E-state index in [0.717, 1.165) is 51.3 Å². The highest BCUT2D eigenvalue weighted by Crippen LogP contribution is 2.34. The minimum atomic E-state index is -0.521. The molecule has 6 nitrogen and oxygen atoms in total. The molecule has 0 bridgehead atoms. The molecular formula is C30H46F2N2O4. The Kier molecular flexibility index (Phi) is 13.7. The smallest absolute Gasteiger partial charge is 0.407 e. The van der Waals surface area contributed by atoms with Gasteiger partial charge >= 0.3 is 6.09 Å². The molecular weight excluding hydrogens is 490 g/mol. The fourth-order valence-electron chi connectivity index (χ4n) is 3.94. The van der Waals surface area contributed by atoms with Crippen LogP contribution in [0.15, 0.2) is 36.4 Å². The van der Waals surface area contributed by atoms with Crippen molar-refractivity contribution in [3.63, 3.8) is 0 Å². The van der Waals surface area contributed by atoms with Gasteiger partial charge in [0.25, 0.3) is 0 Å². The Labute approximate surface area is 227 Å². The summed E-state index contributed by atoms with van der Waals surface area (Å²) in [7, 11) is 1.00. The van der Waals surface area contributed by atoms with Gasteiger partial charge in [0, 0.05) is 37.7 Å². The minimum absolute atomic E-state index is 0.264. The Hall–Kier alpha value is -2.71. The quantitative estimate of drug-likeness (QED) is 0.368. The molecule has 1 aliphatic rings. The van der Waals surface area contributed by atoms with Crippen LogP contribution >= 0.6 is 0 Å². The number of carbonyl (C=O) groups is 1. The molecule has 0 saturated heterocycles. The summed E-state index contributed by atoms with van der Waals surface area (Å²) < 4.78 is 35.5. The predicted octanol–water partition coefficient (Wildman–Crippen LogP) is 6.48. The number of hydrogen-bond acceptors (Lipinski definition) is 5. The third kappa shape index (κ3) is 13.7. The van der Waals surface area contributed by atoms with E-state index >= 15 is 0 Å². The SMILES string of the molecule is CC(C)(C)Cc1ccc2c(c1)C(NCCCNC(=O)OC(C)(C)C)CCO2.CO.Cc1cc(F)cc(F)c1. The van der Waals surface area contributed by atoms with Crippen LogP contribution < -0.4 is 15.4 Å². The van der Waals surface area contributed by atoms with Crippen LogP contribution in [-0.2, 0) is 11.2 Å². The van der Waals surface area contributed by atoms with Crippen molar-refractivity contribution in [1.82, 2.24) is 10.6 Å². The molecule has 1 heterocycles. The Balaban J connectivity index is 0.000000548.